The summed E-state index contributed by atoms with van der Waals surface area (Å²) in [4.78, 5) is 14.9. The van der Waals surface area contributed by atoms with Gasteiger partial charge in [0.25, 0.3) is 0 Å². The number of nitrogens with one attached hydrogen (secondary N) is 1. The fraction of sp³-hybridized carbons (Fsp3) is 0. The van der Waals surface area contributed by atoms with Crippen molar-refractivity contribution < 1.29 is 0 Å². The standard InChI is InChI=1S/C15H11NOSe/c17-15-14(18-12-7-2-1-3-8-12)10-11-6-4-5-9-13(11)16-15/h1-10H,(H,16,17). The van der Waals surface area contributed by atoms with E-state index in [1.165, 1.54) is 4.46 Å². The first-order valence-corrected chi connectivity index (χ1v) is 7.39. The minimum absolute atomic E-state index is 0.0255. The quantitative estimate of drug-likeness (QED) is 0.708. The van der Waals surface area contributed by atoms with Crippen LogP contribution in [0.3, 0.4) is 0 Å². The first-order chi connectivity index (χ1) is 8.83. The molecule has 3 aromatic rings. The predicted molar refractivity (Wildman–Crippen MR) is 76.0 cm³/mol. The van der Waals surface area contributed by atoms with E-state index >= 15 is 0 Å². The number of rotatable bonds is 2. The van der Waals surface area contributed by atoms with E-state index in [0.29, 0.717) is 0 Å². The maximum absolute atomic E-state index is 12.0. The van der Waals surface area contributed by atoms with Crippen LogP contribution in [0.4, 0.5) is 0 Å². The van der Waals surface area contributed by atoms with Gasteiger partial charge in [0.15, 0.2) is 0 Å². The Morgan fingerprint density at radius 1 is 0.889 bits per heavy atom. The summed E-state index contributed by atoms with van der Waals surface area (Å²) in [6, 6.07) is 20.0. The van der Waals surface area contributed by atoms with E-state index < -0.39 is 0 Å². The molecule has 1 aromatic heterocycles. The number of para-hydroxylation sites is 1. The normalized spacial score (nSPS) is 10.7. The van der Waals surface area contributed by atoms with Crippen molar-refractivity contribution in [3.63, 3.8) is 0 Å². The first-order valence-electron chi connectivity index (χ1n) is 5.68. The molecule has 0 unspecified atom stereocenters. The van der Waals surface area contributed by atoms with Crippen LogP contribution in [0.25, 0.3) is 10.9 Å². The van der Waals surface area contributed by atoms with Crippen LogP contribution in [0, 0.1) is 0 Å². The van der Waals surface area contributed by atoms with Gasteiger partial charge >= 0.3 is 111 Å². The van der Waals surface area contributed by atoms with Gasteiger partial charge in [-0.2, -0.15) is 0 Å². The van der Waals surface area contributed by atoms with Crippen LogP contribution in [0.2, 0.25) is 0 Å². The van der Waals surface area contributed by atoms with Gasteiger partial charge in [0.1, 0.15) is 0 Å². The molecule has 1 heterocycles. The summed E-state index contributed by atoms with van der Waals surface area (Å²) < 4.78 is 2.08. The SMILES string of the molecule is O=c1[nH]c2ccccc2cc1[Se]c1ccccc1. The van der Waals surface area contributed by atoms with Crippen LogP contribution in [-0.2, 0) is 0 Å². The number of H-pyrrole nitrogens is 1. The van der Waals surface area contributed by atoms with Gasteiger partial charge in [-0.15, -0.1) is 0 Å². The Labute approximate surface area is 111 Å². The van der Waals surface area contributed by atoms with Crippen LogP contribution in [0.15, 0.2) is 65.5 Å². The number of pyridine rings is 1. The molecule has 88 valence electrons. The fourth-order valence-corrected chi connectivity index (χ4v) is 3.66. The van der Waals surface area contributed by atoms with E-state index in [4.69, 9.17) is 0 Å². The van der Waals surface area contributed by atoms with Crippen molar-refractivity contribution >= 4 is 34.8 Å². The van der Waals surface area contributed by atoms with E-state index in [1.807, 2.05) is 48.5 Å². The molecule has 2 aromatic carbocycles. The van der Waals surface area contributed by atoms with Crippen molar-refractivity contribution in [1.29, 1.82) is 0 Å². The molecule has 0 saturated carbocycles. The number of hydrogen-bond donors (Lipinski definition) is 1. The van der Waals surface area contributed by atoms with Crippen LogP contribution < -0.4 is 14.5 Å². The average Bonchev–Trinajstić information content (AvgIpc) is 2.41. The monoisotopic (exact) mass is 301 g/mol. The third-order valence-corrected chi connectivity index (χ3v) is 4.85. The van der Waals surface area contributed by atoms with Crippen molar-refractivity contribution in [2.45, 2.75) is 0 Å². The summed E-state index contributed by atoms with van der Waals surface area (Å²) in [5, 5.41) is 1.09. The Bertz CT molecular complexity index is 734. The molecule has 0 amide bonds. The van der Waals surface area contributed by atoms with E-state index in [-0.39, 0.29) is 20.5 Å². The van der Waals surface area contributed by atoms with Crippen LogP contribution >= 0.6 is 0 Å². The number of fused-ring (bicyclic) bond motifs is 1. The predicted octanol–water partition coefficient (Wildman–Crippen LogP) is 1.18. The number of aromatic amines is 1. The minimum atomic E-state index is 0.0255. The van der Waals surface area contributed by atoms with Gasteiger partial charge in [-0.25, -0.2) is 0 Å². The molecule has 0 radical (unpaired) electrons. The maximum atomic E-state index is 12.0. The van der Waals surface area contributed by atoms with Crippen LogP contribution in [-0.4, -0.2) is 19.9 Å². The van der Waals surface area contributed by atoms with Crippen molar-refractivity contribution in [1.82, 2.24) is 4.98 Å². The molecule has 0 bridgehead atoms. The Morgan fingerprint density at radius 3 is 2.44 bits per heavy atom. The number of aromatic nitrogens is 1. The van der Waals surface area contributed by atoms with Crippen molar-refractivity contribution in [2.24, 2.45) is 0 Å². The van der Waals surface area contributed by atoms with E-state index in [2.05, 4.69) is 17.1 Å². The molecule has 0 saturated heterocycles. The zero-order valence-corrected chi connectivity index (χ0v) is 11.3. The molecule has 3 heteroatoms. The van der Waals surface area contributed by atoms with E-state index in [0.717, 1.165) is 15.4 Å². The molecule has 3 rings (SSSR count). The van der Waals surface area contributed by atoms with E-state index in [9.17, 15) is 4.79 Å². The zero-order valence-electron chi connectivity index (χ0n) is 9.59. The van der Waals surface area contributed by atoms with Gasteiger partial charge in [-0.05, 0) is 0 Å². The molecule has 1 N–H and O–H groups in total. The summed E-state index contributed by atoms with van der Waals surface area (Å²) in [6.07, 6.45) is 0. The Morgan fingerprint density at radius 2 is 1.61 bits per heavy atom. The van der Waals surface area contributed by atoms with Gasteiger partial charge < -0.3 is 0 Å². The third kappa shape index (κ3) is 2.23. The molecular weight excluding hydrogens is 289 g/mol. The summed E-state index contributed by atoms with van der Waals surface area (Å²) in [5.74, 6) is 0. The van der Waals surface area contributed by atoms with Crippen molar-refractivity contribution in [3.8, 4) is 0 Å². The van der Waals surface area contributed by atoms with Gasteiger partial charge in [-0.3, -0.25) is 0 Å². The molecule has 0 aliphatic carbocycles. The van der Waals surface area contributed by atoms with Crippen molar-refractivity contribution in [2.75, 3.05) is 0 Å². The summed E-state index contributed by atoms with van der Waals surface area (Å²) in [5.41, 5.74) is 0.924. The van der Waals surface area contributed by atoms with Crippen LogP contribution in [0.1, 0.15) is 0 Å². The molecule has 0 aliphatic heterocycles. The van der Waals surface area contributed by atoms with Gasteiger partial charge in [-0.1, -0.05) is 0 Å². The van der Waals surface area contributed by atoms with E-state index in [1.54, 1.807) is 0 Å². The number of benzene rings is 2. The first kappa shape index (κ1) is 11.3. The second-order valence-electron chi connectivity index (χ2n) is 3.97. The Kier molecular flexibility index (Phi) is 3.01. The summed E-state index contributed by atoms with van der Waals surface area (Å²) in [7, 11) is 0. The summed E-state index contributed by atoms with van der Waals surface area (Å²) in [6.45, 7) is 0. The van der Waals surface area contributed by atoms with Crippen molar-refractivity contribution in [3.05, 3.63) is 71.0 Å². The number of hydrogen-bond acceptors (Lipinski definition) is 1. The topological polar surface area (TPSA) is 32.9 Å². The molecule has 0 fully saturated rings. The average molecular weight is 300 g/mol. The van der Waals surface area contributed by atoms with Gasteiger partial charge in [0.2, 0.25) is 0 Å². The molecular formula is C15H11NOSe. The second kappa shape index (κ2) is 4.81. The zero-order chi connectivity index (χ0) is 12.4. The van der Waals surface area contributed by atoms with Gasteiger partial charge in [0.05, 0.1) is 0 Å². The molecule has 0 spiro atoms. The Hall–Kier alpha value is -1.83. The molecule has 0 atom stereocenters. The van der Waals surface area contributed by atoms with Gasteiger partial charge in [0, 0.05) is 0 Å². The molecule has 18 heavy (non-hydrogen) atoms. The second-order valence-corrected chi connectivity index (χ2v) is 6.31. The molecule has 2 nitrogen and oxygen atoms in total. The summed E-state index contributed by atoms with van der Waals surface area (Å²) >= 11 is 0.0544. The fourth-order valence-electron chi connectivity index (χ4n) is 1.82. The molecule has 0 aliphatic rings. The Balaban J connectivity index is 2.07. The van der Waals surface area contributed by atoms with Crippen LogP contribution in [0.5, 0.6) is 0 Å². The third-order valence-electron chi connectivity index (χ3n) is 2.69.